The van der Waals surface area contributed by atoms with Gasteiger partial charge in [-0.2, -0.15) is 0 Å². The Morgan fingerprint density at radius 3 is 2.33 bits per heavy atom. The summed E-state index contributed by atoms with van der Waals surface area (Å²) in [5, 5.41) is 2.93. The summed E-state index contributed by atoms with van der Waals surface area (Å²) in [5.74, 6) is 1.34. The lowest BCUT2D eigenvalue weighted by atomic mass is 10.2. The van der Waals surface area contributed by atoms with Crippen molar-refractivity contribution in [1.29, 1.82) is 0 Å². The number of aryl methyl sites for hydroxylation is 1. The molecule has 0 aliphatic carbocycles. The van der Waals surface area contributed by atoms with Crippen LogP contribution >= 0.6 is 0 Å². The minimum atomic E-state index is -0.173. The first-order valence-electron chi connectivity index (χ1n) is 12.5. The number of benzene rings is 2. The van der Waals surface area contributed by atoms with E-state index in [0.29, 0.717) is 44.2 Å². The molecule has 0 saturated carbocycles. The predicted molar refractivity (Wildman–Crippen MR) is 138 cm³/mol. The van der Waals surface area contributed by atoms with Crippen molar-refractivity contribution in [2.45, 2.75) is 20.3 Å². The molecule has 8 heteroatoms. The maximum Gasteiger partial charge on any atom is 0.253 e. The molecule has 3 aromatic rings. The van der Waals surface area contributed by atoms with Crippen molar-refractivity contribution >= 4 is 17.5 Å². The summed E-state index contributed by atoms with van der Waals surface area (Å²) in [4.78, 5) is 29.9. The Morgan fingerprint density at radius 1 is 0.861 bits per heavy atom. The van der Waals surface area contributed by atoms with Crippen LogP contribution in [0.3, 0.4) is 0 Å². The Hall–Kier alpha value is -3.94. The molecule has 0 spiro atoms. The molecule has 8 nitrogen and oxygen atoms in total. The summed E-state index contributed by atoms with van der Waals surface area (Å²) < 4.78 is 13.4. The third-order valence-corrected chi connectivity index (χ3v) is 6.84. The molecule has 1 N–H and O–H groups in total. The van der Waals surface area contributed by atoms with E-state index in [0.717, 1.165) is 35.9 Å². The van der Waals surface area contributed by atoms with Gasteiger partial charge in [0.2, 0.25) is 5.91 Å². The van der Waals surface area contributed by atoms with Crippen LogP contribution in [0.2, 0.25) is 0 Å². The quantitative estimate of drug-likeness (QED) is 0.576. The zero-order chi connectivity index (χ0) is 25.1. The summed E-state index contributed by atoms with van der Waals surface area (Å²) in [7, 11) is 0. The number of nitrogens with one attached hydrogen (secondary N) is 1. The van der Waals surface area contributed by atoms with Gasteiger partial charge in [0.05, 0.1) is 5.56 Å². The second-order valence-electron chi connectivity index (χ2n) is 9.16. The van der Waals surface area contributed by atoms with Gasteiger partial charge in [-0.1, -0.05) is 18.2 Å². The Morgan fingerprint density at radius 2 is 1.58 bits per heavy atom. The van der Waals surface area contributed by atoms with E-state index in [4.69, 9.17) is 9.47 Å². The number of ether oxygens (including phenoxy) is 2. The highest BCUT2D eigenvalue weighted by molar-refractivity contribution is 5.96. The van der Waals surface area contributed by atoms with Gasteiger partial charge >= 0.3 is 0 Å². The van der Waals surface area contributed by atoms with E-state index in [2.05, 4.69) is 22.3 Å². The number of hydrogen-bond donors (Lipinski definition) is 1. The molecule has 0 bridgehead atoms. The van der Waals surface area contributed by atoms with Crippen LogP contribution < -0.4 is 19.7 Å². The summed E-state index contributed by atoms with van der Waals surface area (Å²) >= 11 is 0. The number of amides is 2. The molecule has 36 heavy (non-hydrogen) atoms. The van der Waals surface area contributed by atoms with Crippen LogP contribution in [0.15, 0.2) is 54.6 Å². The largest absolute Gasteiger partial charge is 0.486 e. The molecule has 1 saturated heterocycles. The minimum absolute atomic E-state index is 0.0739. The maximum absolute atomic E-state index is 13.0. The Bertz CT molecular complexity index is 1250. The molecule has 3 heterocycles. The highest BCUT2D eigenvalue weighted by atomic mass is 16.6. The van der Waals surface area contributed by atoms with E-state index in [1.54, 1.807) is 0 Å². The van der Waals surface area contributed by atoms with Crippen LogP contribution in [0, 0.1) is 13.8 Å². The summed E-state index contributed by atoms with van der Waals surface area (Å²) in [6.07, 6.45) is 0.290. The molecule has 2 aromatic carbocycles. The average Bonchev–Trinajstić information content (AvgIpc) is 3.22. The van der Waals surface area contributed by atoms with Gasteiger partial charge in [-0.25, -0.2) is 0 Å². The monoisotopic (exact) mass is 488 g/mol. The summed E-state index contributed by atoms with van der Waals surface area (Å²) in [5.41, 5.74) is 4.49. The number of carbonyl (C=O) groups is 2. The zero-order valence-electron chi connectivity index (χ0n) is 20.8. The molecule has 2 aliphatic heterocycles. The fraction of sp³-hybridized carbons (Fsp3) is 0.357. The number of aromatic nitrogens is 1. The molecular weight excluding hydrogens is 456 g/mol. The molecule has 0 unspecified atom stereocenters. The highest BCUT2D eigenvalue weighted by Gasteiger charge is 2.22. The van der Waals surface area contributed by atoms with Gasteiger partial charge in [0.25, 0.3) is 5.91 Å². The van der Waals surface area contributed by atoms with Gasteiger partial charge in [-0.05, 0) is 44.2 Å². The van der Waals surface area contributed by atoms with E-state index in [1.807, 2.05) is 65.8 Å². The lowest BCUT2D eigenvalue weighted by molar-refractivity contribution is -0.131. The van der Waals surface area contributed by atoms with E-state index in [9.17, 15) is 9.59 Å². The van der Waals surface area contributed by atoms with Gasteiger partial charge in [0, 0.05) is 68.0 Å². The fourth-order valence-electron chi connectivity index (χ4n) is 4.95. The Balaban J connectivity index is 1.15. The van der Waals surface area contributed by atoms with Gasteiger partial charge in [0.1, 0.15) is 13.2 Å². The molecule has 1 fully saturated rings. The van der Waals surface area contributed by atoms with E-state index in [-0.39, 0.29) is 18.2 Å². The first kappa shape index (κ1) is 23.8. The first-order chi connectivity index (χ1) is 17.5. The van der Waals surface area contributed by atoms with Crippen molar-refractivity contribution in [3.8, 4) is 17.2 Å². The van der Waals surface area contributed by atoms with Crippen LogP contribution in [0.5, 0.6) is 11.5 Å². The SMILES string of the molecule is Cc1cc(C(=O)NCCC(=O)N2CCN(c3ccccc3)CC2)c(C)n1-c1ccc2c(c1)OCCO2. The molecule has 0 radical (unpaired) electrons. The second-order valence-corrected chi connectivity index (χ2v) is 9.16. The van der Waals surface area contributed by atoms with Gasteiger partial charge in [-0.15, -0.1) is 0 Å². The normalized spacial score (nSPS) is 15.1. The second kappa shape index (κ2) is 10.4. The topological polar surface area (TPSA) is 76.0 Å². The van der Waals surface area contributed by atoms with Gasteiger partial charge < -0.3 is 29.2 Å². The molecule has 2 amide bonds. The molecular formula is C28H32N4O4. The van der Waals surface area contributed by atoms with E-state index >= 15 is 0 Å². The number of nitrogens with zero attached hydrogens (tertiary/aromatic N) is 3. The minimum Gasteiger partial charge on any atom is -0.486 e. The Kier molecular flexibility index (Phi) is 6.84. The average molecular weight is 489 g/mol. The van der Waals surface area contributed by atoms with Crippen molar-refractivity contribution in [2.75, 3.05) is 50.8 Å². The van der Waals surface area contributed by atoms with Crippen LogP contribution in [-0.4, -0.2) is 67.2 Å². The van der Waals surface area contributed by atoms with Crippen molar-refractivity contribution in [2.24, 2.45) is 0 Å². The predicted octanol–water partition coefficient (Wildman–Crippen LogP) is 3.33. The van der Waals surface area contributed by atoms with Crippen molar-refractivity contribution < 1.29 is 19.1 Å². The summed E-state index contributed by atoms with van der Waals surface area (Å²) in [6.45, 7) is 8.29. The van der Waals surface area contributed by atoms with Crippen LogP contribution in [-0.2, 0) is 4.79 Å². The Labute approximate surface area is 211 Å². The van der Waals surface area contributed by atoms with E-state index < -0.39 is 0 Å². The number of anilines is 1. The van der Waals surface area contributed by atoms with Gasteiger partial charge in [0.15, 0.2) is 11.5 Å². The highest BCUT2D eigenvalue weighted by Crippen LogP contribution is 2.33. The van der Waals surface area contributed by atoms with Gasteiger partial charge in [-0.3, -0.25) is 9.59 Å². The summed E-state index contributed by atoms with van der Waals surface area (Å²) in [6, 6.07) is 17.9. The molecule has 2 aliphatic rings. The number of rotatable bonds is 6. The van der Waals surface area contributed by atoms with Crippen molar-refractivity contribution in [3.05, 3.63) is 71.5 Å². The molecule has 0 atom stereocenters. The number of piperazine rings is 1. The lowest BCUT2D eigenvalue weighted by Crippen LogP contribution is -2.49. The maximum atomic E-state index is 13.0. The van der Waals surface area contributed by atoms with Crippen LogP contribution in [0.25, 0.3) is 5.69 Å². The number of fused-ring (bicyclic) bond motifs is 1. The third-order valence-electron chi connectivity index (χ3n) is 6.84. The molecule has 5 rings (SSSR count). The first-order valence-corrected chi connectivity index (χ1v) is 12.5. The van der Waals surface area contributed by atoms with E-state index in [1.165, 1.54) is 5.69 Å². The van der Waals surface area contributed by atoms with Crippen LogP contribution in [0.1, 0.15) is 28.2 Å². The fourth-order valence-corrected chi connectivity index (χ4v) is 4.95. The van der Waals surface area contributed by atoms with Crippen molar-refractivity contribution in [3.63, 3.8) is 0 Å². The van der Waals surface area contributed by atoms with Crippen molar-refractivity contribution in [1.82, 2.24) is 14.8 Å². The molecule has 1 aromatic heterocycles. The zero-order valence-corrected chi connectivity index (χ0v) is 20.8. The lowest BCUT2D eigenvalue weighted by Gasteiger charge is -2.36. The standard InChI is InChI=1S/C28H32N4O4/c1-20-18-24(21(2)32(20)23-8-9-25-26(19-23)36-17-16-35-25)28(34)29-11-10-27(33)31-14-12-30(13-15-31)22-6-4-3-5-7-22/h3-9,18-19H,10-17H2,1-2H3,(H,29,34). The number of para-hydroxylation sites is 1. The van der Waals surface area contributed by atoms with Crippen LogP contribution in [0.4, 0.5) is 5.69 Å². The number of hydrogen-bond acceptors (Lipinski definition) is 5. The number of carbonyl (C=O) groups excluding carboxylic acids is 2. The smallest absolute Gasteiger partial charge is 0.253 e. The molecule has 188 valence electrons. The third kappa shape index (κ3) is 4.89.